The number of carbonyl (C=O) groups excluding carboxylic acids is 1. The summed E-state index contributed by atoms with van der Waals surface area (Å²) in [7, 11) is 0. The first-order chi connectivity index (χ1) is 10.6. The minimum atomic E-state index is -0.346. The van der Waals surface area contributed by atoms with E-state index in [4.69, 9.17) is 0 Å². The maximum Gasteiger partial charge on any atom is 0.233 e. The van der Waals surface area contributed by atoms with E-state index >= 15 is 0 Å². The summed E-state index contributed by atoms with van der Waals surface area (Å²) in [5.74, 6) is -0.283. The standard InChI is InChI=1S/C15H16FN3OS2/c1-10(22-14-19-17-9-21-14)13(20)18-15(7-2-8-15)11-3-5-12(16)6-4-11/h3-6,9-10H,2,7-8H2,1H3,(H,18,20). The molecular formula is C15H16FN3OS2. The predicted molar refractivity (Wildman–Crippen MR) is 85.3 cm³/mol. The topological polar surface area (TPSA) is 54.9 Å². The molecule has 1 heterocycles. The average Bonchev–Trinajstić information content (AvgIpc) is 2.96. The molecule has 0 spiro atoms. The number of nitrogens with zero attached hydrogens (tertiary/aromatic N) is 2. The van der Waals surface area contributed by atoms with Crippen LogP contribution in [0.15, 0.2) is 34.1 Å². The Morgan fingerprint density at radius 1 is 1.41 bits per heavy atom. The van der Waals surface area contributed by atoms with Crippen LogP contribution < -0.4 is 5.32 Å². The molecule has 1 aliphatic rings. The summed E-state index contributed by atoms with van der Waals surface area (Å²) in [5, 5.41) is 10.6. The van der Waals surface area contributed by atoms with E-state index in [1.54, 1.807) is 17.6 Å². The van der Waals surface area contributed by atoms with Crippen molar-refractivity contribution in [2.24, 2.45) is 0 Å². The van der Waals surface area contributed by atoms with Gasteiger partial charge in [0.1, 0.15) is 11.3 Å². The SMILES string of the molecule is CC(Sc1nncs1)C(=O)NC1(c2ccc(F)cc2)CCC1. The maximum atomic E-state index is 13.1. The Labute approximate surface area is 136 Å². The minimum absolute atomic E-state index is 0.0239. The lowest BCUT2D eigenvalue weighted by atomic mass is 9.71. The molecule has 1 atom stereocenters. The highest BCUT2D eigenvalue weighted by molar-refractivity contribution is 8.02. The second kappa shape index (κ2) is 6.34. The van der Waals surface area contributed by atoms with Gasteiger partial charge in [0.05, 0.1) is 10.8 Å². The lowest BCUT2D eigenvalue weighted by Gasteiger charge is -2.43. The van der Waals surface area contributed by atoms with Gasteiger partial charge >= 0.3 is 0 Å². The molecule has 0 saturated heterocycles. The van der Waals surface area contributed by atoms with Crippen molar-refractivity contribution in [3.8, 4) is 0 Å². The number of hydrogen-bond donors (Lipinski definition) is 1. The molecule has 1 aromatic carbocycles. The number of hydrogen-bond acceptors (Lipinski definition) is 5. The lowest BCUT2D eigenvalue weighted by Crippen LogP contribution is -2.52. The van der Waals surface area contributed by atoms with Crippen LogP contribution in [0.4, 0.5) is 4.39 Å². The first-order valence-corrected chi connectivity index (χ1v) is 8.86. The van der Waals surface area contributed by atoms with Crippen LogP contribution in [-0.2, 0) is 10.3 Å². The Bertz CT molecular complexity index is 641. The van der Waals surface area contributed by atoms with E-state index in [1.165, 1.54) is 35.2 Å². The molecule has 1 aromatic heterocycles. The van der Waals surface area contributed by atoms with Crippen LogP contribution in [0.5, 0.6) is 0 Å². The first kappa shape index (κ1) is 15.4. The van der Waals surface area contributed by atoms with Gasteiger partial charge in [-0.05, 0) is 43.9 Å². The molecule has 0 radical (unpaired) electrons. The largest absolute Gasteiger partial charge is 0.346 e. The molecule has 3 rings (SSSR count). The number of benzene rings is 1. The molecule has 1 N–H and O–H groups in total. The van der Waals surface area contributed by atoms with E-state index in [-0.39, 0.29) is 22.5 Å². The Hall–Kier alpha value is -1.47. The summed E-state index contributed by atoms with van der Waals surface area (Å²) in [6.45, 7) is 1.86. The molecule has 0 aliphatic heterocycles. The van der Waals surface area contributed by atoms with Gasteiger partial charge in [-0.2, -0.15) is 0 Å². The van der Waals surface area contributed by atoms with E-state index in [2.05, 4.69) is 15.5 Å². The molecule has 116 valence electrons. The van der Waals surface area contributed by atoms with Gasteiger partial charge in [0.25, 0.3) is 0 Å². The lowest BCUT2D eigenvalue weighted by molar-refractivity contribution is -0.123. The molecule has 22 heavy (non-hydrogen) atoms. The second-order valence-corrected chi connectivity index (χ2v) is 7.82. The quantitative estimate of drug-likeness (QED) is 0.850. The number of carbonyl (C=O) groups is 1. The van der Waals surface area contributed by atoms with Crippen LogP contribution in [0.3, 0.4) is 0 Å². The molecule has 0 bridgehead atoms. The van der Waals surface area contributed by atoms with Crippen LogP contribution in [0, 0.1) is 5.82 Å². The van der Waals surface area contributed by atoms with Crippen LogP contribution >= 0.6 is 23.1 Å². The molecule has 1 aliphatic carbocycles. The summed E-state index contributed by atoms with van der Waals surface area (Å²) >= 11 is 2.83. The van der Waals surface area contributed by atoms with Crippen molar-refractivity contribution in [3.05, 3.63) is 41.2 Å². The third-order valence-electron chi connectivity index (χ3n) is 3.95. The molecule has 4 nitrogen and oxygen atoms in total. The molecule has 1 saturated carbocycles. The van der Waals surface area contributed by atoms with E-state index in [0.717, 1.165) is 29.2 Å². The summed E-state index contributed by atoms with van der Waals surface area (Å²) in [5.41, 5.74) is 2.28. The van der Waals surface area contributed by atoms with E-state index in [0.29, 0.717) is 0 Å². The fourth-order valence-electron chi connectivity index (χ4n) is 2.54. The Morgan fingerprint density at radius 2 is 2.14 bits per heavy atom. The summed E-state index contributed by atoms with van der Waals surface area (Å²) in [6.07, 6.45) is 2.84. The third-order valence-corrected chi connectivity index (χ3v) is 5.86. The van der Waals surface area contributed by atoms with Crippen molar-refractivity contribution in [1.82, 2.24) is 15.5 Å². The smallest absolute Gasteiger partial charge is 0.233 e. The maximum absolute atomic E-state index is 13.1. The number of aromatic nitrogens is 2. The molecule has 1 unspecified atom stereocenters. The van der Waals surface area contributed by atoms with E-state index < -0.39 is 0 Å². The van der Waals surface area contributed by atoms with Crippen molar-refractivity contribution in [2.75, 3.05) is 0 Å². The monoisotopic (exact) mass is 337 g/mol. The number of rotatable bonds is 5. The van der Waals surface area contributed by atoms with E-state index in [1.807, 2.05) is 6.92 Å². The van der Waals surface area contributed by atoms with Crippen LogP contribution in [0.25, 0.3) is 0 Å². The van der Waals surface area contributed by atoms with Crippen molar-refractivity contribution in [2.45, 2.75) is 41.3 Å². The highest BCUT2D eigenvalue weighted by Crippen LogP contribution is 2.41. The van der Waals surface area contributed by atoms with Gasteiger partial charge in [-0.1, -0.05) is 35.2 Å². The van der Waals surface area contributed by atoms with Crippen molar-refractivity contribution >= 4 is 29.0 Å². The zero-order valence-corrected chi connectivity index (χ0v) is 13.7. The average molecular weight is 337 g/mol. The number of amides is 1. The van der Waals surface area contributed by atoms with Crippen molar-refractivity contribution in [3.63, 3.8) is 0 Å². The zero-order valence-electron chi connectivity index (χ0n) is 12.1. The first-order valence-electron chi connectivity index (χ1n) is 7.10. The van der Waals surface area contributed by atoms with Crippen molar-refractivity contribution < 1.29 is 9.18 Å². The highest BCUT2D eigenvalue weighted by atomic mass is 32.2. The van der Waals surface area contributed by atoms with Crippen LogP contribution in [-0.4, -0.2) is 21.4 Å². The molecular weight excluding hydrogens is 321 g/mol. The van der Waals surface area contributed by atoms with Gasteiger partial charge in [0.15, 0.2) is 4.34 Å². The van der Waals surface area contributed by atoms with Gasteiger partial charge in [-0.3, -0.25) is 4.79 Å². The molecule has 7 heteroatoms. The summed E-state index contributed by atoms with van der Waals surface area (Å²) in [6, 6.07) is 6.41. The van der Waals surface area contributed by atoms with Gasteiger partial charge < -0.3 is 5.32 Å². The fraction of sp³-hybridized carbons (Fsp3) is 0.400. The van der Waals surface area contributed by atoms with Crippen molar-refractivity contribution in [1.29, 1.82) is 0 Å². The van der Waals surface area contributed by atoms with Gasteiger partial charge in [-0.25, -0.2) is 4.39 Å². The number of halogens is 1. The molecule has 1 amide bonds. The fourth-order valence-corrected chi connectivity index (χ4v) is 4.17. The predicted octanol–water partition coefficient (Wildman–Crippen LogP) is 3.35. The number of nitrogens with one attached hydrogen (secondary N) is 1. The van der Waals surface area contributed by atoms with Gasteiger partial charge in [-0.15, -0.1) is 10.2 Å². The Morgan fingerprint density at radius 3 is 2.68 bits per heavy atom. The molecule has 2 aromatic rings. The third kappa shape index (κ3) is 3.15. The van der Waals surface area contributed by atoms with Crippen LogP contribution in [0.1, 0.15) is 31.7 Å². The summed E-state index contributed by atoms with van der Waals surface area (Å²) in [4.78, 5) is 12.5. The summed E-state index contributed by atoms with van der Waals surface area (Å²) < 4.78 is 13.9. The van der Waals surface area contributed by atoms with Crippen LogP contribution in [0.2, 0.25) is 0 Å². The molecule has 1 fully saturated rings. The number of thioether (sulfide) groups is 1. The minimum Gasteiger partial charge on any atom is -0.346 e. The second-order valence-electron chi connectivity index (χ2n) is 5.40. The van der Waals surface area contributed by atoms with Gasteiger partial charge in [0, 0.05) is 0 Å². The Balaban J connectivity index is 1.69. The zero-order chi connectivity index (χ0) is 15.6. The van der Waals surface area contributed by atoms with E-state index in [9.17, 15) is 9.18 Å². The normalized spacial score (nSPS) is 17.5. The highest BCUT2D eigenvalue weighted by Gasteiger charge is 2.40. The Kier molecular flexibility index (Phi) is 4.44. The van der Waals surface area contributed by atoms with Gasteiger partial charge in [0.2, 0.25) is 5.91 Å².